The number of esters is 1. The SMILES string of the molecule is COc1cccc(NC(=O)CSc2ccccc2C(=O)OC(C)C(=O)NC(N)=O)c1. The molecule has 0 spiro atoms. The van der Waals surface area contributed by atoms with Gasteiger partial charge in [0, 0.05) is 16.6 Å². The summed E-state index contributed by atoms with van der Waals surface area (Å²) in [6, 6.07) is 12.4. The lowest BCUT2D eigenvalue weighted by Crippen LogP contribution is -2.42. The average Bonchev–Trinajstić information content (AvgIpc) is 2.72. The van der Waals surface area contributed by atoms with E-state index in [4.69, 9.17) is 15.2 Å². The number of urea groups is 1. The normalized spacial score (nSPS) is 11.1. The molecule has 9 nitrogen and oxygen atoms in total. The number of nitrogens with one attached hydrogen (secondary N) is 2. The van der Waals surface area contributed by atoms with E-state index >= 15 is 0 Å². The summed E-state index contributed by atoms with van der Waals surface area (Å²) in [4.78, 5) is 47.6. The van der Waals surface area contributed by atoms with Crippen LogP contribution in [-0.2, 0) is 14.3 Å². The van der Waals surface area contributed by atoms with Gasteiger partial charge in [0.1, 0.15) is 5.75 Å². The third-order valence-electron chi connectivity index (χ3n) is 3.72. The topological polar surface area (TPSA) is 137 Å². The van der Waals surface area contributed by atoms with Crippen molar-refractivity contribution in [2.24, 2.45) is 5.73 Å². The summed E-state index contributed by atoms with van der Waals surface area (Å²) >= 11 is 1.14. The van der Waals surface area contributed by atoms with Crippen LogP contribution in [0.3, 0.4) is 0 Å². The van der Waals surface area contributed by atoms with Crippen LogP contribution in [0.1, 0.15) is 17.3 Å². The summed E-state index contributed by atoms with van der Waals surface area (Å²) in [6.07, 6.45) is -1.22. The minimum atomic E-state index is -1.22. The lowest BCUT2D eigenvalue weighted by atomic mass is 10.2. The number of ether oxygens (including phenoxy) is 2. The number of methoxy groups -OCH3 is 1. The molecule has 0 aliphatic heterocycles. The van der Waals surface area contributed by atoms with E-state index in [1.54, 1.807) is 42.5 Å². The molecule has 0 radical (unpaired) electrons. The van der Waals surface area contributed by atoms with Gasteiger partial charge in [-0.15, -0.1) is 11.8 Å². The fourth-order valence-corrected chi connectivity index (χ4v) is 3.14. The van der Waals surface area contributed by atoms with Gasteiger partial charge >= 0.3 is 12.0 Å². The van der Waals surface area contributed by atoms with E-state index in [1.165, 1.54) is 20.1 Å². The van der Waals surface area contributed by atoms with Gasteiger partial charge in [-0.25, -0.2) is 9.59 Å². The van der Waals surface area contributed by atoms with E-state index in [2.05, 4.69) is 5.32 Å². The first-order chi connectivity index (χ1) is 14.3. The van der Waals surface area contributed by atoms with Gasteiger partial charge in [0.2, 0.25) is 5.91 Å². The molecule has 158 valence electrons. The zero-order valence-electron chi connectivity index (χ0n) is 16.3. The quantitative estimate of drug-likeness (QED) is 0.430. The molecule has 2 rings (SSSR count). The monoisotopic (exact) mass is 431 g/mol. The molecule has 10 heteroatoms. The van der Waals surface area contributed by atoms with Gasteiger partial charge in [0.15, 0.2) is 6.10 Å². The van der Waals surface area contributed by atoms with Crippen LogP contribution in [0.4, 0.5) is 10.5 Å². The maximum Gasteiger partial charge on any atom is 0.340 e. The number of hydrogen-bond donors (Lipinski definition) is 3. The van der Waals surface area contributed by atoms with E-state index in [0.717, 1.165) is 11.8 Å². The van der Waals surface area contributed by atoms with E-state index in [1.807, 2.05) is 5.32 Å². The molecule has 4 N–H and O–H groups in total. The van der Waals surface area contributed by atoms with Crippen molar-refractivity contribution in [2.45, 2.75) is 17.9 Å². The molecule has 0 aliphatic rings. The van der Waals surface area contributed by atoms with Crippen LogP contribution in [0.5, 0.6) is 5.75 Å². The van der Waals surface area contributed by atoms with Crippen molar-refractivity contribution < 1.29 is 28.7 Å². The number of nitrogens with two attached hydrogens (primary N) is 1. The predicted molar refractivity (Wildman–Crippen MR) is 111 cm³/mol. The van der Waals surface area contributed by atoms with E-state index < -0.39 is 24.0 Å². The fraction of sp³-hybridized carbons (Fsp3) is 0.200. The molecular formula is C20H21N3O6S. The Balaban J connectivity index is 1.98. The first-order valence-corrected chi connectivity index (χ1v) is 9.75. The third kappa shape index (κ3) is 6.82. The number of carbonyl (C=O) groups excluding carboxylic acids is 4. The Hall–Kier alpha value is -3.53. The van der Waals surface area contributed by atoms with Gasteiger partial charge in [-0.1, -0.05) is 18.2 Å². The molecule has 0 saturated carbocycles. The number of anilines is 1. The zero-order valence-corrected chi connectivity index (χ0v) is 17.2. The number of rotatable bonds is 8. The molecule has 30 heavy (non-hydrogen) atoms. The Bertz CT molecular complexity index is 950. The molecule has 0 fully saturated rings. The zero-order chi connectivity index (χ0) is 22.1. The average molecular weight is 431 g/mol. The summed E-state index contributed by atoms with van der Waals surface area (Å²) in [6.45, 7) is 1.31. The van der Waals surface area contributed by atoms with Gasteiger partial charge in [-0.3, -0.25) is 14.9 Å². The predicted octanol–water partition coefficient (Wildman–Crippen LogP) is 2.17. The summed E-state index contributed by atoms with van der Waals surface area (Å²) < 4.78 is 10.2. The molecule has 2 aromatic carbocycles. The van der Waals surface area contributed by atoms with Gasteiger partial charge < -0.3 is 20.5 Å². The molecule has 1 unspecified atom stereocenters. The van der Waals surface area contributed by atoms with Crippen LogP contribution in [-0.4, -0.2) is 42.8 Å². The van der Waals surface area contributed by atoms with Crippen molar-refractivity contribution in [3.63, 3.8) is 0 Å². The smallest absolute Gasteiger partial charge is 0.340 e. The second-order valence-corrected chi connectivity index (χ2v) is 6.98. The molecule has 0 bridgehead atoms. The fourth-order valence-electron chi connectivity index (χ4n) is 2.30. The molecule has 0 aliphatic carbocycles. The van der Waals surface area contributed by atoms with Gasteiger partial charge in [-0.05, 0) is 31.2 Å². The Labute approximate surface area is 177 Å². The summed E-state index contributed by atoms with van der Waals surface area (Å²) in [7, 11) is 1.53. The van der Waals surface area contributed by atoms with Gasteiger partial charge in [0.25, 0.3) is 5.91 Å². The van der Waals surface area contributed by atoms with Crippen molar-refractivity contribution in [3.8, 4) is 5.75 Å². The lowest BCUT2D eigenvalue weighted by molar-refractivity contribution is -0.127. The molecule has 0 saturated heterocycles. The number of hydrogen-bond acceptors (Lipinski definition) is 7. The number of imide groups is 1. The minimum Gasteiger partial charge on any atom is -0.497 e. The number of carbonyl (C=O) groups is 4. The molecule has 0 aromatic heterocycles. The van der Waals surface area contributed by atoms with Crippen LogP contribution in [0.15, 0.2) is 53.4 Å². The van der Waals surface area contributed by atoms with E-state index in [0.29, 0.717) is 16.3 Å². The second kappa shape index (κ2) is 10.9. The molecule has 4 amide bonds. The van der Waals surface area contributed by atoms with Crippen molar-refractivity contribution in [1.29, 1.82) is 0 Å². The van der Waals surface area contributed by atoms with Crippen LogP contribution in [0.25, 0.3) is 0 Å². The first-order valence-electron chi connectivity index (χ1n) is 8.77. The number of thioether (sulfide) groups is 1. The Morgan fingerprint density at radius 1 is 1.10 bits per heavy atom. The standard InChI is InChI=1S/C20H21N3O6S/c1-12(18(25)23-20(21)27)29-19(26)15-8-3-4-9-16(15)30-11-17(24)22-13-6-5-7-14(10-13)28-2/h3-10,12H,11H2,1-2H3,(H,22,24)(H3,21,23,25,27). The number of primary amides is 1. The summed E-state index contributed by atoms with van der Waals surface area (Å²) in [5.41, 5.74) is 5.65. The highest BCUT2D eigenvalue weighted by Crippen LogP contribution is 2.24. The number of amides is 4. The highest BCUT2D eigenvalue weighted by molar-refractivity contribution is 8.00. The van der Waals surface area contributed by atoms with Crippen molar-refractivity contribution >= 4 is 41.3 Å². The number of benzene rings is 2. The first kappa shape index (κ1) is 22.8. The second-order valence-electron chi connectivity index (χ2n) is 5.97. The van der Waals surface area contributed by atoms with Crippen LogP contribution in [0, 0.1) is 0 Å². The summed E-state index contributed by atoms with van der Waals surface area (Å²) in [5, 5.41) is 4.59. The highest BCUT2D eigenvalue weighted by atomic mass is 32.2. The van der Waals surface area contributed by atoms with Crippen molar-refractivity contribution in [2.75, 3.05) is 18.2 Å². The maximum absolute atomic E-state index is 12.4. The summed E-state index contributed by atoms with van der Waals surface area (Å²) in [5.74, 6) is -1.22. The van der Waals surface area contributed by atoms with Crippen molar-refractivity contribution in [3.05, 3.63) is 54.1 Å². The molecule has 0 heterocycles. The van der Waals surface area contributed by atoms with Gasteiger partial charge in [-0.2, -0.15) is 0 Å². The van der Waals surface area contributed by atoms with Crippen molar-refractivity contribution in [1.82, 2.24) is 5.32 Å². The van der Waals surface area contributed by atoms with E-state index in [-0.39, 0.29) is 17.2 Å². The Morgan fingerprint density at radius 2 is 1.83 bits per heavy atom. The lowest BCUT2D eigenvalue weighted by Gasteiger charge is -2.14. The minimum absolute atomic E-state index is 0.0409. The maximum atomic E-state index is 12.4. The van der Waals surface area contributed by atoms with Crippen LogP contribution >= 0.6 is 11.8 Å². The largest absolute Gasteiger partial charge is 0.497 e. The Morgan fingerprint density at radius 3 is 2.53 bits per heavy atom. The van der Waals surface area contributed by atoms with Gasteiger partial charge in [0.05, 0.1) is 18.4 Å². The van der Waals surface area contributed by atoms with Crippen LogP contribution < -0.4 is 21.1 Å². The van der Waals surface area contributed by atoms with Crippen LogP contribution in [0.2, 0.25) is 0 Å². The molecule has 2 aromatic rings. The van der Waals surface area contributed by atoms with E-state index in [9.17, 15) is 19.2 Å². The molecule has 1 atom stereocenters. The Kier molecular flexibility index (Phi) is 8.24. The third-order valence-corrected chi connectivity index (χ3v) is 4.79. The highest BCUT2D eigenvalue weighted by Gasteiger charge is 2.22. The molecular weight excluding hydrogens is 410 g/mol.